The number of nitrogens with one attached hydrogen (secondary N) is 1. The van der Waals surface area contributed by atoms with Gasteiger partial charge in [0.2, 0.25) is 5.91 Å². The lowest BCUT2D eigenvalue weighted by Crippen LogP contribution is -2.28. The number of anilines is 1. The third-order valence-corrected chi connectivity index (χ3v) is 5.33. The van der Waals surface area contributed by atoms with Gasteiger partial charge in [-0.1, -0.05) is 22.8 Å². The van der Waals surface area contributed by atoms with Crippen LogP contribution in [0.15, 0.2) is 53.1 Å². The molecule has 0 bridgehead atoms. The molecule has 1 aliphatic carbocycles. The van der Waals surface area contributed by atoms with Gasteiger partial charge in [-0.15, -0.1) is 0 Å². The molecule has 0 spiro atoms. The van der Waals surface area contributed by atoms with E-state index < -0.39 is 5.41 Å². The molecule has 0 radical (unpaired) electrons. The monoisotopic (exact) mass is 366 g/mol. The maximum absolute atomic E-state index is 12.9. The topological polar surface area (TPSA) is 55.1 Å². The van der Waals surface area contributed by atoms with E-state index in [0.29, 0.717) is 16.5 Å². The molecule has 26 heavy (non-hydrogen) atoms. The van der Waals surface area contributed by atoms with E-state index in [1.165, 1.54) is 5.56 Å². The second-order valence-electron chi connectivity index (χ2n) is 6.92. The summed E-state index contributed by atoms with van der Waals surface area (Å²) in [6, 6.07) is 15.2. The Balaban J connectivity index is 1.56. The highest BCUT2D eigenvalue weighted by atomic mass is 35.5. The summed E-state index contributed by atoms with van der Waals surface area (Å²) in [6.07, 6.45) is 1.55. The standard InChI is InChI=1S/C21H19ClN2O2/c1-13-3-8-17(11-14(13)2)23-20(25)21(9-10-21)19-12-18(26-24-19)15-4-6-16(22)7-5-15/h3-8,11-12H,9-10H2,1-2H3,(H,23,25). The predicted molar refractivity (Wildman–Crippen MR) is 102 cm³/mol. The molecule has 132 valence electrons. The SMILES string of the molecule is Cc1ccc(NC(=O)C2(c3cc(-c4ccc(Cl)cc4)on3)CC2)cc1C. The maximum Gasteiger partial charge on any atom is 0.236 e. The Morgan fingerprint density at radius 3 is 2.46 bits per heavy atom. The Kier molecular flexibility index (Phi) is 4.08. The van der Waals surface area contributed by atoms with Crippen molar-refractivity contribution in [3.63, 3.8) is 0 Å². The first-order valence-corrected chi connectivity index (χ1v) is 8.98. The molecule has 0 atom stereocenters. The summed E-state index contributed by atoms with van der Waals surface area (Å²) in [5.41, 5.74) is 4.15. The molecule has 1 aliphatic rings. The highest BCUT2D eigenvalue weighted by Crippen LogP contribution is 2.49. The van der Waals surface area contributed by atoms with E-state index >= 15 is 0 Å². The van der Waals surface area contributed by atoms with Crippen molar-refractivity contribution < 1.29 is 9.32 Å². The fourth-order valence-electron chi connectivity index (χ4n) is 3.05. The van der Waals surface area contributed by atoms with Gasteiger partial charge in [0.1, 0.15) is 0 Å². The number of aryl methyl sites for hydroxylation is 2. The van der Waals surface area contributed by atoms with Crippen LogP contribution in [0.25, 0.3) is 11.3 Å². The first kappa shape index (κ1) is 16.9. The van der Waals surface area contributed by atoms with E-state index in [0.717, 1.165) is 29.7 Å². The largest absolute Gasteiger partial charge is 0.356 e. The van der Waals surface area contributed by atoms with Gasteiger partial charge in [-0.05, 0) is 74.2 Å². The summed E-state index contributed by atoms with van der Waals surface area (Å²) < 4.78 is 5.48. The number of aromatic nitrogens is 1. The Hall–Kier alpha value is -2.59. The predicted octanol–water partition coefficient (Wildman–Crippen LogP) is 5.28. The van der Waals surface area contributed by atoms with Gasteiger partial charge in [-0.25, -0.2) is 0 Å². The molecule has 3 aromatic rings. The summed E-state index contributed by atoms with van der Waals surface area (Å²) in [5, 5.41) is 7.87. The lowest BCUT2D eigenvalue weighted by molar-refractivity contribution is -0.118. The summed E-state index contributed by atoms with van der Waals surface area (Å²) in [6.45, 7) is 4.09. The number of benzene rings is 2. The Bertz CT molecular complexity index is 972. The van der Waals surface area contributed by atoms with Gasteiger partial charge in [-0.3, -0.25) is 4.79 Å². The molecule has 1 heterocycles. The fraction of sp³-hybridized carbons (Fsp3) is 0.238. The molecular weight excluding hydrogens is 348 g/mol. The molecule has 4 rings (SSSR count). The summed E-state index contributed by atoms with van der Waals surface area (Å²) in [4.78, 5) is 12.9. The summed E-state index contributed by atoms with van der Waals surface area (Å²) >= 11 is 5.93. The van der Waals surface area contributed by atoms with E-state index in [-0.39, 0.29) is 5.91 Å². The van der Waals surface area contributed by atoms with Gasteiger partial charge >= 0.3 is 0 Å². The van der Waals surface area contributed by atoms with Crippen LogP contribution in [-0.4, -0.2) is 11.1 Å². The zero-order valence-electron chi connectivity index (χ0n) is 14.7. The van der Waals surface area contributed by atoms with Crippen molar-refractivity contribution >= 4 is 23.2 Å². The van der Waals surface area contributed by atoms with Crippen molar-refractivity contribution in [2.75, 3.05) is 5.32 Å². The number of amides is 1. The zero-order valence-corrected chi connectivity index (χ0v) is 15.4. The molecule has 5 heteroatoms. The maximum atomic E-state index is 12.9. The van der Waals surface area contributed by atoms with Crippen LogP contribution >= 0.6 is 11.6 Å². The molecule has 4 nitrogen and oxygen atoms in total. The van der Waals surface area contributed by atoms with Gasteiger partial charge < -0.3 is 9.84 Å². The van der Waals surface area contributed by atoms with Gasteiger partial charge in [-0.2, -0.15) is 0 Å². The first-order chi connectivity index (χ1) is 12.5. The van der Waals surface area contributed by atoms with Crippen LogP contribution in [0.5, 0.6) is 0 Å². The number of carbonyl (C=O) groups excluding carboxylic acids is 1. The third-order valence-electron chi connectivity index (χ3n) is 5.08. The van der Waals surface area contributed by atoms with Crippen LogP contribution in [-0.2, 0) is 10.2 Å². The third kappa shape index (κ3) is 3.01. The van der Waals surface area contributed by atoms with Crippen LogP contribution in [0.3, 0.4) is 0 Å². The summed E-state index contributed by atoms with van der Waals surface area (Å²) in [7, 11) is 0. The van der Waals surface area contributed by atoms with Crippen LogP contribution in [0.1, 0.15) is 29.7 Å². The molecule has 0 unspecified atom stereocenters. The number of carbonyl (C=O) groups is 1. The second kappa shape index (κ2) is 6.29. The van der Waals surface area contributed by atoms with Gasteiger partial charge in [0.25, 0.3) is 0 Å². The lowest BCUT2D eigenvalue weighted by atomic mass is 10.00. The van der Waals surface area contributed by atoms with E-state index in [4.69, 9.17) is 16.1 Å². The van der Waals surface area contributed by atoms with Crippen molar-refractivity contribution in [3.8, 4) is 11.3 Å². The molecule has 1 fully saturated rings. The normalized spacial score (nSPS) is 14.9. The minimum absolute atomic E-state index is 0.0308. The molecule has 1 saturated carbocycles. The van der Waals surface area contributed by atoms with Crippen LogP contribution in [0.4, 0.5) is 5.69 Å². The molecule has 0 saturated heterocycles. The number of nitrogens with zero attached hydrogens (tertiary/aromatic N) is 1. The highest BCUT2D eigenvalue weighted by Gasteiger charge is 2.53. The van der Waals surface area contributed by atoms with Gasteiger partial charge in [0.15, 0.2) is 5.76 Å². The highest BCUT2D eigenvalue weighted by molar-refractivity contribution is 6.30. The number of hydrogen-bond donors (Lipinski definition) is 1. The summed E-state index contributed by atoms with van der Waals surface area (Å²) in [5.74, 6) is 0.610. The molecule has 0 aliphatic heterocycles. The smallest absolute Gasteiger partial charge is 0.236 e. The number of halogens is 1. The van der Waals surface area contributed by atoms with E-state index in [1.54, 1.807) is 12.1 Å². The van der Waals surface area contributed by atoms with E-state index in [9.17, 15) is 4.79 Å². The molecule has 1 N–H and O–H groups in total. The van der Waals surface area contributed by atoms with Crippen LogP contribution in [0.2, 0.25) is 5.02 Å². The quantitative estimate of drug-likeness (QED) is 0.683. The average Bonchev–Trinajstić information content (AvgIpc) is 3.29. The second-order valence-corrected chi connectivity index (χ2v) is 7.36. The minimum atomic E-state index is -0.590. The lowest BCUT2D eigenvalue weighted by Gasteiger charge is -2.13. The molecule has 2 aromatic carbocycles. The average molecular weight is 367 g/mol. The van der Waals surface area contributed by atoms with Crippen molar-refractivity contribution in [2.24, 2.45) is 0 Å². The van der Waals surface area contributed by atoms with E-state index in [2.05, 4.69) is 17.4 Å². The Morgan fingerprint density at radius 2 is 1.81 bits per heavy atom. The number of hydrogen-bond acceptors (Lipinski definition) is 3. The minimum Gasteiger partial charge on any atom is -0.356 e. The van der Waals surface area contributed by atoms with Gasteiger partial charge in [0, 0.05) is 22.3 Å². The van der Waals surface area contributed by atoms with Crippen molar-refractivity contribution in [1.29, 1.82) is 0 Å². The first-order valence-electron chi connectivity index (χ1n) is 8.60. The number of rotatable bonds is 4. The molecule has 1 amide bonds. The van der Waals surface area contributed by atoms with Crippen LogP contribution in [0, 0.1) is 13.8 Å². The van der Waals surface area contributed by atoms with Gasteiger partial charge in [0.05, 0.1) is 11.1 Å². The zero-order chi connectivity index (χ0) is 18.3. The molecule has 1 aromatic heterocycles. The van der Waals surface area contributed by atoms with Crippen LogP contribution < -0.4 is 5.32 Å². The van der Waals surface area contributed by atoms with Crippen molar-refractivity contribution in [3.05, 3.63) is 70.4 Å². The van der Waals surface area contributed by atoms with Crippen molar-refractivity contribution in [2.45, 2.75) is 32.1 Å². The Morgan fingerprint density at radius 1 is 1.08 bits per heavy atom. The Labute approximate surface area is 157 Å². The fourth-order valence-corrected chi connectivity index (χ4v) is 3.17. The molecular formula is C21H19ClN2O2. The van der Waals surface area contributed by atoms with Crippen molar-refractivity contribution in [1.82, 2.24) is 5.16 Å². The van der Waals surface area contributed by atoms with E-state index in [1.807, 2.05) is 43.3 Å².